The molecule has 220 valence electrons. The van der Waals surface area contributed by atoms with E-state index in [4.69, 9.17) is 5.10 Å². The Balaban J connectivity index is 1.20. The predicted octanol–water partition coefficient (Wildman–Crippen LogP) is 5.53. The zero-order valence-electron chi connectivity index (χ0n) is 23.3. The Hall–Kier alpha value is -2.89. The van der Waals surface area contributed by atoms with Gasteiger partial charge in [-0.1, -0.05) is 19.3 Å². The second kappa shape index (κ2) is 12.7. The minimum atomic E-state index is -4.59. The summed E-state index contributed by atoms with van der Waals surface area (Å²) >= 11 is 0. The first kappa shape index (κ1) is 28.6. The average molecular weight is 563 g/mol. The Kier molecular flexibility index (Phi) is 9.12. The number of aryl methyl sites for hydroxylation is 1. The maximum Gasteiger partial charge on any atom is 0.421 e. The van der Waals surface area contributed by atoms with Crippen molar-refractivity contribution in [3.8, 4) is 0 Å². The van der Waals surface area contributed by atoms with Gasteiger partial charge in [-0.05, 0) is 51.9 Å². The largest absolute Gasteiger partial charge is 0.421 e. The van der Waals surface area contributed by atoms with E-state index >= 15 is 0 Å². The van der Waals surface area contributed by atoms with E-state index < -0.39 is 11.7 Å². The Morgan fingerprint density at radius 3 is 2.52 bits per heavy atom. The molecule has 2 aromatic heterocycles. The lowest BCUT2D eigenvalue weighted by Gasteiger charge is -2.36. The molecule has 0 aromatic carbocycles. The lowest BCUT2D eigenvalue weighted by molar-refractivity contribution is -0.137. The summed E-state index contributed by atoms with van der Waals surface area (Å²) in [6.45, 7) is 5.50. The van der Waals surface area contributed by atoms with Crippen LogP contribution in [0.2, 0.25) is 0 Å². The van der Waals surface area contributed by atoms with Crippen molar-refractivity contribution in [1.29, 1.82) is 0 Å². The number of carbonyl (C=O) groups excluding carboxylic acids is 1. The van der Waals surface area contributed by atoms with E-state index in [0.29, 0.717) is 37.7 Å². The van der Waals surface area contributed by atoms with Crippen molar-refractivity contribution in [3.63, 3.8) is 0 Å². The van der Waals surface area contributed by atoms with Gasteiger partial charge in [0.05, 0.1) is 17.4 Å². The quantitative estimate of drug-likeness (QED) is 0.389. The molecule has 0 atom stereocenters. The number of nitrogens with one attached hydrogen (secondary N) is 2. The number of halogens is 3. The molecule has 1 amide bonds. The van der Waals surface area contributed by atoms with Crippen molar-refractivity contribution in [3.05, 3.63) is 23.7 Å². The highest BCUT2D eigenvalue weighted by Gasteiger charge is 2.35. The van der Waals surface area contributed by atoms with Crippen LogP contribution in [0, 0.1) is 6.92 Å². The van der Waals surface area contributed by atoms with E-state index in [-0.39, 0.29) is 24.2 Å². The molecule has 0 spiro atoms. The van der Waals surface area contributed by atoms with Gasteiger partial charge in [0, 0.05) is 57.6 Å². The number of aromatic nitrogens is 4. The van der Waals surface area contributed by atoms with Crippen LogP contribution in [0.3, 0.4) is 0 Å². The number of amides is 1. The predicted molar refractivity (Wildman–Crippen MR) is 148 cm³/mol. The molecular weight excluding hydrogens is 521 g/mol. The molecule has 9 nitrogen and oxygen atoms in total. The molecule has 2 aliphatic heterocycles. The Labute approximate surface area is 233 Å². The molecule has 1 saturated carbocycles. The first-order valence-electron chi connectivity index (χ1n) is 14.8. The van der Waals surface area contributed by atoms with Crippen LogP contribution in [0.5, 0.6) is 0 Å². The molecule has 5 rings (SSSR count). The highest BCUT2D eigenvalue weighted by atomic mass is 19.4. The van der Waals surface area contributed by atoms with Crippen LogP contribution in [0.15, 0.2) is 12.4 Å². The SMILES string of the molecule is Cc1nn(C2CCN(C3CCCC3)CC2)cc1Nc1ncc(C(F)(F)F)c(NCCCN2CCCCCC2=O)n1. The number of piperidine rings is 1. The number of alkyl halides is 3. The summed E-state index contributed by atoms with van der Waals surface area (Å²) in [7, 11) is 0. The first-order valence-corrected chi connectivity index (χ1v) is 14.8. The standard InChI is InChI=1S/C28H41F3N8O/c1-20-24(19-39(36-20)22-11-16-37(17-12-22)21-8-4-5-9-21)34-27-33-18-23(28(29,30)31)26(35-27)32-13-7-15-38-14-6-2-3-10-25(38)40/h18-19,21-22H,2-17H2,1H3,(H2,32,33,34,35). The molecular formula is C28H41F3N8O. The fourth-order valence-corrected chi connectivity index (χ4v) is 6.23. The number of anilines is 3. The van der Waals surface area contributed by atoms with Gasteiger partial charge in [0.15, 0.2) is 0 Å². The fourth-order valence-electron chi connectivity index (χ4n) is 6.23. The van der Waals surface area contributed by atoms with Crippen LogP contribution in [-0.4, -0.2) is 74.2 Å². The van der Waals surface area contributed by atoms with E-state index in [2.05, 4.69) is 25.5 Å². The number of hydrogen-bond acceptors (Lipinski definition) is 7. The summed E-state index contributed by atoms with van der Waals surface area (Å²) in [5.41, 5.74) is 0.521. The highest BCUT2D eigenvalue weighted by Crippen LogP contribution is 2.35. The van der Waals surface area contributed by atoms with Crippen molar-refractivity contribution in [2.24, 2.45) is 0 Å². The number of likely N-dealkylation sites (tertiary alicyclic amines) is 2. The van der Waals surface area contributed by atoms with Gasteiger partial charge in [0.25, 0.3) is 0 Å². The van der Waals surface area contributed by atoms with Crippen molar-refractivity contribution < 1.29 is 18.0 Å². The molecule has 0 bridgehead atoms. The van der Waals surface area contributed by atoms with E-state index in [1.807, 2.05) is 22.7 Å². The molecule has 3 fully saturated rings. The number of carbonyl (C=O) groups is 1. The third-order valence-corrected chi connectivity index (χ3v) is 8.54. The van der Waals surface area contributed by atoms with Crippen LogP contribution in [-0.2, 0) is 11.0 Å². The average Bonchev–Trinajstić information content (AvgIpc) is 3.54. The van der Waals surface area contributed by atoms with Gasteiger partial charge < -0.3 is 20.4 Å². The fraction of sp³-hybridized carbons (Fsp3) is 0.714. The smallest absolute Gasteiger partial charge is 0.369 e. The molecule has 1 aliphatic carbocycles. The molecule has 4 heterocycles. The van der Waals surface area contributed by atoms with Crippen molar-refractivity contribution in [2.75, 3.05) is 43.4 Å². The van der Waals surface area contributed by atoms with Gasteiger partial charge in [-0.15, -0.1) is 0 Å². The summed E-state index contributed by atoms with van der Waals surface area (Å²) in [5, 5.41) is 10.6. The Morgan fingerprint density at radius 2 is 1.77 bits per heavy atom. The van der Waals surface area contributed by atoms with E-state index in [9.17, 15) is 18.0 Å². The van der Waals surface area contributed by atoms with Gasteiger partial charge >= 0.3 is 6.18 Å². The van der Waals surface area contributed by atoms with E-state index in [1.165, 1.54) is 25.7 Å². The number of nitrogens with zero attached hydrogens (tertiary/aromatic N) is 6. The van der Waals surface area contributed by atoms with Crippen LogP contribution >= 0.6 is 0 Å². The topological polar surface area (TPSA) is 91.2 Å². The normalized spacial score (nSPS) is 20.2. The van der Waals surface area contributed by atoms with Crippen molar-refractivity contribution >= 4 is 23.4 Å². The third-order valence-electron chi connectivity index (χ3n) is 8.54. The van der Waals surface area contributed by atoms with Crippen LogP contribution < -0.4 is 10.6 Å². The molecule has 12 heteroatoms. The maximum atomic E-state index is 13.7. The lowest BCUT2D eigenvalue weighted by atomic mass is 10.0. The van der Waals surface area contributed by atoms with Crippen LogP contribution in [0.4, 0.5) is 30.6 Å². The molecule has 0 radical (unpaired) electrons. The Bertz CT molecular complexity index is 1140. The zero-order chi connectivity index (χ0) is 28.1. The maximum absolute atomic E-state index is 13.7. The third kappa shape index (κ3) is 7.05. The Morgan fingerprint density at radius 1 is 1.00 bits per heavy atom. The first-order chi connectivity index (χ1) is 19.3. The molecule has 3 aliphatic rings. The minimum absolute atomic E-state index is 0.0805. The van der Waals surface area contributed by atoms with Crippen LogP contribution in [0.1, 0.15) is 87.9 Å². The molecule has 2 aromatic rings. The number of rotatable bonds is 9. The second-order valence-corrected chi connectivity index (χ2v) is 11.4. The van der Waals surface area contributed by atoms with Crippen molar-refractivity contribution in [2.45, 2.75) is 95.8 Å². The minimum Gasteiger partial charge on any atom is -0.369 e. The summed E-state index contributed by atoms with van der Waals surface area (Å²) in [6, 6.07) is 1.03. The number of hydrogen-bond donors (Lipinski definition) is 2. The van der Waals surface area contributed by atoms with Gasteiger partial charge in [-0.2, -0.15) is 23.3 Å². The molecule has 40 heavy (non-hydrogen) atoms. The lowest BCUT2D eigenvalue weighted by Crippen LogP contribution is -2.40. The monoisotopic (exact) mass is 562 g/mol. The summed E-state index contributed by atoms with van der Waals surface area (Å²) in [4.78, 5) is 24.8. The van der Waals surface area contributed by atoms with Gasteiger partial charge in [-0.25, -0.2) is 4.98 Å². The van der Waals surface area contributed by atoms with Gasteiger partial charge in [-0.3, -0.25) is 9.48 Å². The summed E-state index contributed by atoms with van der Waals surface area (Å²) in [5.74, 6) is -0.0642. The van der Waals surface area contributed by atoms with Gasteiger partial charge in [0.1, 0.15) is 11.4 Å². The van der Waals surface area contributed by atoms with E-state index in [0.717, 1.165) is 63.1 Å². The summed E-state index contributed by atoms with van der Waals surface area (Å²) < 4.78 is 43.1. The summed E-state index contributed by atoms with van der Waals surface area (Å²) in [6.07, 6.45) is 9.46. The molecule has 2 N–H and O–H groups in total. The van der Waals surface area contributed by atoms with E-state index in [1.54, 1.807) is 0 Å². The van der Waals surface area contributed by atoms with Crippen LogP contribution in [0.25, 0.3) is 0 Å². The zero-order valence-corrected chi connectivity index (χ0v) is 23.3. The second-order valence-electron chi connectivity index (χ2n) is 11.4. The molecule has 0 unspecified atom stereocenters. The molecule has 2 saturated heterocycles. The van der Waals surface area contributed by atoms with Crippen molar-refractivity contribution in [1.82, 2.24) is 29.5 Å². The van der Waals surface area contributed by atoms with Gasteiger partial charge in [0.2, 0.25) is 11.9 Å². The highest BCUT2D eigenvalue weighted by molar-refractivity contribution is 5.76.